The van der Waals surface area contributed by atoms with Gasteiger partial charge in [0.15, 0.2) is 5.76 Å². The van der Waals surface area contributed by atoms with Crippen LogP contribution in [0.1, 0.15) is 12.7 Å². The highest BCUT2D eigenvalue weighted by Crippen LogP contribution is 2.28. The molecule has 1 heterocycles. The van der Waals surface area contributed by atoms with Crippen molar-refractivity contribution in [3.63, 3.8) is 0 Å². The summed E-state index contributed by atoms with van der Waals surface area (Å²) in [5.74, 6) is 1.69. The Kier molecular flexibility index (Phi) is 6.73. The van der Waals surface area contributed by atoms with Gasteiger partial charge in [0.05, 0.1) is 6.10 Å². The van der Waals surface area contributed by atoms with Crippen molar-refractivity contribution in [1.82, 2.24) is 0 Å². The molecule has 0 bridgehead atoms. The number of aliphatic hydroxyl groups is 1. The number of quaternary nitrogens is 2. The quantitative estimate of drug-likeness (QED) is 0.631. The van der Waals surface area contributed by atoms with E-state index in [1.807, 2.05) is 24.3 Å². The minimum Gasteiger partial charge on any atom is -0.455 e. The van der Waals surface area contributed by atoms with Crippen LogP contribution in [0.25, 0.3) is 11.3 Å². The van der Waals surface area contributed by atoms with E-state index in [4.69, 9.17) is 32.7 Å². The third-order valence-electron chi connectivity index (χ3n) is 3.24. The third kappa shape index (κ3) is 5.63. The second-order valence-corrected chi connectivity index (χ2v) is 6.24. The van der Waals surface area contributed by atoms with Crippen LogP contribution in [0.3, 0.4) is 0 Å². The molecule has 0 aliphatic rings. The van der Waals surface area contributed by atoms with Crippen LogP contribution >= 0.6 is 23.2 Å². The molecule has 4 nitrogen and oxygen atoms in total. The van der Waals surface area contributed by atoms with E-state index >= 15 is 0 Å². The number of halogens is 2. The summed E-state index contributed by atoms with van der Waals surface area (Å²) >= 11 is 12.0. The Morgan fingerprint density at radius 3 is 2.45 bits per heavy atom. The van der Waals surface area contributed by atoms with Gasteiger partial charge in [0.2, 0.25) is 0 Å². The molecule has 120 valence electrons. The van der Waals surface area contributed by atoms with Gasteiger partial charge in [-0.2, -0.15) is 0 Å². The van der Waals surface area contributed by atoms with Gasteiger partial charge in [-0.15, -0.1) is 0 Å². The fourth-order valence-electron chi connectivity index (χ4n) is 2.18. The van der Waals surface area contributed by atoms with Gasteiger partial charge >= 0.3 is 0 Å². The van der Waals surface area contributed by atoms with Gasteiger partial charge in [0.1, 0.15) is 31.9 Å². The highest BCUT2D eigenvalue weighted by atomic mass is 35.5. The van der Waals surface area contributed by atoms with Gasteiger partial charge in [-0.05, 0) is 37.3 Å². The van der Waals surface area contributed by atoms with Crippen LogP contribution in [0.5, 0.6) is 0 Å². The monoisotopic (exact) mass is 344 g/mol. The Hall–Kier alpha value is -1.04. The Morgan fingerprint density at radius 1 is 1.09 bits per heavy atom. The zero-order chi connectivity index (χ0) is 15.9. The van der Waals surface area contributed by atoms with Crippen molar-refractivity contribution < 1.29 is 20.2 Å². The predicted octanol–water partition coefficient (Wildman–Crippen LogP) is 1.26. The second-order valence-electron chi connectivity index (χ2n) is 5.37. The summed E-state index contributed by atoms with van der Waals surface area (Å²) in [6.45, 7) is 5.28. The van der Waals surface area contributed by atoms with Crippen LogP contribution in [0.15, 0.2) is 34.7 Å². The lowest BCUT2D eigenvalue weighted by molar-refractivity contribution is -0.733. The highest BCUT2D eigenvalue weighted by Gasteiger charge is 2.08. The molecule has 1 atom stereocenters. The first kappa shape index (κ1) is 17.3. The van der Waals surface area contributed by atoms with E-state index in [2.05, 4.69) is 10.6 Å². The molecular formula is C16H22Cl2N2O2+2. The van der Waals surface area contributed by atoms with E-state index < -0.39 is 0 Å². The zero-order valence-electron chi connectivity index (χ0n) is 12.6. The molecule has 1 aromatic carbocycles. The van der Waals surface area contributed by atoms with Crippen molar-refractivity contribution in [2.45, 2.75) is 19.6 Å². The van der Waals surface area contributed by atoms with Crippen LogP contribution in [-0.2, 0) is 6.54 Å². The van der Waals surface area contributed by atoms with Crippen molar-refractivity contribution in [2.24, 2.45) is 0 Å². The summed E-state index contributed by atoms with van der Waals surface area (Å²) in [7, 11) is 0. The Balaban J connectivity index is 1.81. The fraction of sp³-hybridized carbons (Fsp3) is 0.375. The lowest BCUT2D eigenvalue weighted by Crippen LogP contribution is -2.95. The summed E-state index contributed by atoms with van der Waals surface area (Å²) in [6.07, 6.45) is -0.253. The average molecular weight is 345 g/mol. The summed E-state index contributed by atoms with van der Waals surface area (Å²) in [5, 5.41) is 14.7. The highest BCUT2D eigenvalue weighted by molar-refractivity contribution is 6.35. The molecule has 0 unspecified atom stereocenters. The topological polar surface area (TPSA) is 66.6 Å². The summed E-state index contributed by atoms with van der Waals surface area (Å²) in [6, 6.07) is 9.29. The number of rotatable bonds is 8. The third-order valence-corrected chi connectivity index (χ3v) is 3.67. The summed E-state index contributed by atoms with van der Waals surface area (Å²) in [5.41, 5.74) is 0.883. The standard InChI is InChI=1S/C16H20Cl2N2O2/c1-11(21)9-19-4-5-20-10-15-2-3-16(22-15)12-6-13(17)8-14(18)7-12/h2-3,6-8,11,19-21H,4-5,9-10H2,1H3/p+2/t11-/m1/s1. The van der Waals surface area contributed by atoms with Gasteiger partial charge in [0.25, 0.3) is 0 Å². The second kappa shape index (κ2) is 8.56. The molecule has 2 aromatic rings. The van der Waals surface area contributed by atoms with Gasteiger partial charge in [-0.3, -0.25) is 0 Å². The van der Waals surface area contributed by atoms with Crippen LogP contribution < -0.4 is 10.6 Å². The van der Waals surface area contributed by atoms with Crippen molar-refractivity contribution in [1.29, 1.82) is 0 Å². The molecule has 6 heteroatoms. The van der Waals surface area contributed by atoms with Crippen LogP contribution in [0.2, 0.25) is 10.0 Å². The molecule has 22 heavy (non-hydrogen) atoms. The molecule has 0 radical (unpaired) electrons. The summed E-state index contributed by atoms with van der Waals surface area (Å²) in [4.78, 5) is 0. The smallest absolute Gasteiger partial charge is 0.158 e. The van der Waals surface area contributed by atoms with Crippen molar-refractivity contribution in [2.75, 3.05) is 19.6 Å². The number of hydrogen-bond donors (Lipinski definition) is 3. The van der Waals surface area contributed by atoms with Crippen LogP contribution in [0.4, 0.5) is 0 Å². The minimum atomic E-state index is -0.253. The summed E-state index contributed by atoms with van der Waals surface area (Å²) < 4.78 is 5.83. The maximum atomic E-state index is 9.16. The number of furan rings is 1. The molecular weight excluding hydrogens is 323 g/mol. The maximum absolute atomic E-state index is 9.16. The Labute approximate surface area is 140 Å². The van der Waals surface area contributed by atoms with Gasteiger partial charge in [0, 0.05) is 15.6 Å². The molecule has 5 N–H and O–H groups in total. The van der Waals surface area contributed by atoms with E-state index in [0.717, 1.165) is 43.3 Å². The van der Waals surface area contributed by atoms with E-state index in [1.54, 1.807) is 13.0 Å². The van der Waals surface area contributed by atoms with Crippen LogP contribution in [-0.4, -0.2) is 30.8 Å². The molecule has 1 aromatic heterocycles. The predicted molar refractivity (Wildman–Crippen MR) is 88.0 cm³/mol. The van der Waals surface area contributed by atoms with Gasteiger partial charge < -0.3 is 20.2 Å². The first-order chi connectivity index (χ1) is 10.5. The van der Waals surface area contributed by atoms with Crippen LogP contribution in [0, 0.1) is 0 Å². The molecule has 0 aliphatic carbocycles. The minimum absolute atomic E-state index is 0.253. The fourth-order valence-corrected chi connectivity index (χ4v) is 2.70. The number of nitrogens with two attached hydrogens (primary N) is 2. The van der Waals surface area contributed by atoms with Crippen molar-refractivity contribution in [3.05, 3.63) is 46.1 Å². The van der Waals surface area contributed by atoms with E-state index in [9.17, 15) is 0 Å². The van der Waals surface area contributed by atoms with E-state index in [0.29, 0.717) is 10.0 Å². The van der Waals surface area contributed by atoms with Crippen molar-refractivity contribution >= 4 is 23.2 Å². The normalized spacial score (nSPS) is 12.5. The lowest BCUT2D eigenvalue weighted by atomic mass is 10.2. The molecule has 0 amide bonds. The zero-order valence-corrected chi connectivity index (χ0v) is 14.1. The molecule has 0 saturated heterocycles. The average Bonchev–Trinajstić information content (AvgIpc) is 2.90. The molecule has 0 saturated carbocycles. The Morgan fingerprint density at radius 2 is 1.77 bits per heavy atom. The van der Waals surface area contributed by atoms with Gasteiger partial charge in [-0.1, -0.05) is 23.2 Å². The lowest BCUT2D eigenvalue weighted by Gasteiger charge is -2.03. The van der Waals surface area contributed by atoms with E-state index in [1.165, 1.54) is 0 Å². The maximum Gasteiger partial charge on any atom is 0.158 e. The molecule has 0 spiro atoms. The van der Waals surface area contributed by atoms with E-state index in [-0.39, 0.29) is 6.10 Å². The largest absolute Gasteiger partial charge is 0.455 e. The SMILES string of the molecule is C[C@@H](O)C[NH2+]CC[NH2+]Cc1ccc(-c2cc(Cl)cc(Cl)c2)o1. The molecule has 0 fully saturated rings. The first-order valence-corrected chi connectivity index (χ1v) is 8.17. The van der Waals surface area contributed by atoms with Crippen molar-refractivity contribution in [3.8, 4) is 11.3 Å². The molecule has 0 aliphatic heterocycles. The number of hydrogen-bond acceptors (Lipinski definition) is 2. The number of benzene rings is 1. The Bertz CT molecular complexity index is 579. The number of aliphatic hydroxyl groups excluding tert-OH is 1. The first-order valence-electron chi connectivity index (χ1n) is 7.41. The van der Waals surface area contributed by atoms with Gasteiger partial charge in [-0.25, -0.2) is 0 Å². The molecule has 2 rings (SSSR count).